The summed E-state index contributed by atoms with van der Waals surface area (Å²) in [7, 11) is 0. The third kappa shape index (κ3) is 1.39. The number of hydrogen-bond donors (Lipinski definition) is 0. The van der Waals surface area contributed by atoms with Crippen molar-refractivity contribution in [3.05, 3.63) is 11.6 Å². The Morgan fingerprint density at radius 3 is 2.92 bits per heavy atom. The Labute approximate surface area is 78.8 Å². The molecular formula is C10H15N3. The molecule has 0 aliphatic carbocycles. The number of hydrazone groups is 1. The van der Waals surface area contributed by atoms with Crippen LogP contribution >= 0.6 is 0 Å². The van der Waals surface area contributed by atoms with Gasteiger partial charge in [-0.3, -0.25) is 10.0 Å². The largest absolute Gasteiger partial charge is 0.270 e. The average molecular weight is 177 g/mol. The van der Waals surface area contributed by atoms with Crippen LogP contribution in [0.2, 0.25) is 0 Å². The molecule has 0 saturated heterocycles. The molecule has 2 rings (SSSR count). The molecule has 2 unspecified atom stereocenters. The summed E-state index contributed by atoms with van der Waals surface area (Å²) < 4.78 is 0. The number of nitrogens with zero attached hydrogens (tertiary/aromatic N) is 3. The van der Waals surface area contributed by atoms with Crippen LogP contribution in [-0.4, -0.2) is 29.6 Å². The first-order chi connectivity index (χ1) is 6.18. The van der Waals surface area contributed by atoms with Gasteiger partial charge >= 0.3 is 0 Å². The summed E-state index contributed by atoms with van der Waals surface area (Å²) in [6, 6.07) is 0.426. The Bertz CT molecular complexity index is 289. The maximum Gasteiger partial charge on any atom is 0.148 e. The molecule has 70 valence electrons. The van der Waals surface area contributed by atoms with E-state index in [0.717, 1.165) is 0 Å². The zero-order chi connectivity index (χ0) is 9.42. The van der Waals surface area contributed by atoms with Crippen LogP contribution in [0.1, 0.15) is 20.8 Å². The Morgan fingerprint density at radius 2 is 2.23 bits per heavy atom. The normalized spacial score (nSPS) is 31.1. The lowest BCUT2D eigenvalue weighted by Gasteiger charge is -2.28. The van der Waals surface area contributed by atoms with Gasteiger partial charge in [-0.15, -0.1) is 0 Å². The van der Waals surface area contributed by atoms with E-state index in [2.05, 4.69) is 41.9 Å². The summed E-state index contributed by atoms with van der Waals surface area (Å²) in [5.74, 6) is 0.382. The van der Waals surface area contributed by atoms with E-state index in [-0.39, 0.29) is 6.17 Å². The summed E-state index contributed by atoms with van der Waals surface area (Å²) in [6.07, 6.45) is 6.36. The van der Waals surface area contributed by atoms with Crippen molar-refractivity contribution in [2.24, 2.45) is 16.0 Å². The van der Waals surface area contributed by atoms with Crippen molar-refractivity contribution >= 4 is 12.4 Å². The molecule has 0 radical (unpaired) electrons. The molecule has 3 heteroatoms. The van der Waals surface area contributed by atoms with Gasteiger partial charge in [-0.1, -0.05) is 6.08 Å². The van der Waals surface area contributed by atoms with Crippen molar-refractivity contribution < 1.29 is 0 Å². The maximum atomic E-state index is 4.48. The Hall–Kier alpha value is -1.12. The summed E-state index contributed by atoms with van der Waals surface area (Å²) in [5, 5.41) is 6.42. The molecule has 3 nitrogen and oxygen atoms in total. The van der Waals surface area contributed by atoms with Gasteiger partial charge in [-0.05, 0) is 26.3 Å². The number of dihydropyridines is 1. The van der Waals surface area contributed by atoms with Crippen LogP contribution in [0.25, 0.3) is 0 Å². The Morgan fingerprint density at radius 1 is 1.46 bits per heavy atom. The van der Waals surface area contributed by atoms with Crippen LogP contribution in [0.5, 0.6) is 0 Å². The minimum atomic E-state index is 0.212. The second kappa shape index (κ2) is 2.98. The second-order valence-electron chi connectivity index (χ2n) is 3.92. The van der Waals surface area contributed by atoms with Crippen molar-refractivity contribution in [3.8, 4) is 0 Å². The molecule has 2 atom stereocenters. The van der Waals surface area contributed by atoms with Crippen molar-refractivity contribution in [3.63, 3.8) is 0 Å². The molecule has 13 heavy (non-hydrogen) atoms. The van der Waals surface area contributed by atoms with Crippen molar-refractivity contribution in [1.29, 1.82) is 0 Å². The summed E-state index contributed by atoms with van der Waals surface area (Å²) in [5.41, 5.74) is 1.23. The highest BCUT2D eigenvalue weighted by Crippen LogP contribution is 2.25. The van der Waals surface area contributed by atoms with Crippen molar-refractivity contribution in [2.75, 3.05) is 0 Å². The Kier molecular flexibility index (Phi) is 1.94. The van der Waals surface area contributed by atoms with E-state index in [1.54, 1.807) is 0 Å². The lowest BCUT2D eigenvalue weighted by atomic mass is 10.0. The van der Waals surface area contributed by atoms with Gasteiger partial charge in [0.2, 0.25) is 0 Å². The highest BCUT2D eigenvalue weighted by Gasteiger charge is 2.31. The van der Waals surface area contributed by atoms with Crippen molar-refractivity contribution in [1.82, 2.24) is 5.01 Å². The van der Waals surface area contributed by atoms with E-state index < -0.39 is 0 Å². The van der Waals surface area contributed by atoms with Gasteiger partial charge in [0.1, 0.15) is 6.17 Å². The first kappa shape index (κ1) is 8.48. The van der Waals surface area contributed by atoms with Crippen LogP contribution in [-0.2, 0) is 0 Å². The molecule has 0 amide bonds. The summed E-state index contributed by atoms with van der Waals surface area (Å²) in [4.78, 5) is 4.48. The van der Waals surface area contributed by atoms with E-state index >= 15 is 0 Å². The molecule has 0 saturated carbocycles. The number of fused-ring (bicyclic) bond motifs is 1. The SMILES string of the molecule is CC1=CC2C=NN(C(C)C)C2N=C1. The van der Waals surface area contributed by atoms with Gasteiger partial charge < -0.3 is 0 Å². The van der Waals surface area contributed by atoms with Crippen LogP contribution in [0.3, 0.4) is 0 Å². The Balaban J connectivity index is 2.20. The molecule has 0 fully saturated rings. The topological polar surface area (TPSA) is 28.0 Å². The minimum absolute atomic E-state index is 0.212. The smallest absolute Gasteiger partial charge is 0.148 e. The quantitative estimate of drug-likeness (QED) is 0.598. The maximum absolute atomic E-state index is 4.48. The highest BCUT2D eigenvalue weighted by atomic mass is 15.5. The van der Waals surface area contributed by atoms with Crippen molar-refractivity contribution in [2.45, 2.75) is 33.0 Å². The number of rotatable bonds is 1. The van der Waals surface area contributed by atoms with E-state index in [0.29, 0.717) is 12.0 Å². The third-order valence-corrected chi connectivity index (χ3v) is 2.40. The first-order valence-corrected chi connectivity index (χ1v) is 4.72. The predicted octanol–water partition coefficient (Wildman–Crippen LogP) is 1.67. The second-order valence-corrected chi connectivity index (χ2v) is 3.92. The number of allylic oxidation sites excluding steroid dienone is 1. The standard InChI is InChI=1S/C10H15N3/c1-7(2)13-10-9(6-12-13)4-8(3)5-11-10/h4-7,9-10H,1-3H3. The zero-order valence-electron chi connectivity index (χ0n) is 8.31. The highest BCUT2D eigenvalue weighted by molar-refractivity contribution is 5.82. The molecule has 0 aromatic rings. The molecule has 2 heterocycles. The van der Waals surface area contributed by atoms with Gasteiger partial charge in [0.05, 0.1) is 5.92 Å². The van der Waals surface area contributed by atoms with Gasteiger partial charge in [0.25, 0.3) is 0 Å². The van der Waals surface area contributed by atoms with Gasteiger partial charge in [0.15, 0.2) is 0 Å². The van der Waals surface area contributed by atoms with Crippen LogP contribution < -0.4 is 0 Å². The van der Waals surface area contributed by atoms with E-state index in [9.17, 15) is 0 Å². The molecule has 0 N–H and O–H groups in total. The van der Waals surface area contributed by atoms with Crippen LogP contribution in [0, 0.1) is 5.92 Å². The van der Waals surface area contributed by atoms with E-state index in [1.165, 1.54) is 5.57 Å². The molecule has 0 aromatic heterocycles. The van der Waals surface area contributed by atoms with E-state index in [1.807, 2.05) is 12.4 Å². The molecule has 0 bridgehead atoms. The van der Waals surface area contributed by atoms with Crippen LogP contribution in [0.15, 0.2) is 21.7 Å². The van der Waals surface area contributed by atoms with Gasteiger partial charge in [-0.2, -0.15) is 5.10 Å². The van der Waals surface area contributed by atoms with Gasteiger partial charge in [-0.25, -0.2) is 0 Å². The number of hydrogen-bond acceptors (Lipinski definition) is 3. The van der Waals surface area contributed by atoms with Crippen LogP contribution in [0.4, 0.5) is 0 Å². The monoisotopic (exact) mass is 177 g/mol. The summed E-state index contributed by atoms with van der Waals surface area (Å²) in [6.45, 7) is 6.35. The molecule has 2 aliphatic heterocycles. The molecule has 0 spiro atoms. The number of aliphatic imine (C=N–C) groups is 1. The third-order valence-electron chi connectivity index (χ3n) is 2.40. The lowest BCUT2D eigenvalue weighted by molar-refractivity contribution is 0.173. The zero-order valence-corrected chi connectivity index (χ0v) is 8.31. The molecular weight excluding hydrogens is 162 g/mol. The average Bonchev–Trinajstić information content (AvgIpc) is 2.46. The lowest BCUT2D eigenvalue weighted by Crippen LogP contribution is -2.36. The van der Waals surface area contributed by atoms with Gasteiger partial charge in [0, 0.05) is 18.5 Å². The predicted molar refractivity (Wildman–Crippen MR) is 55.0 cm³/mol. The summed E-state index contributed by atoms with van der Waals surface area (Å²) >= 11 is 0. The molecule has 2 aliphatic rings. The molecule has 0 aromatic carbocycles. The van der Waals surface area contributed by atoms with E-state index in [4.69, 9.17) is 0 Å². The fraction of sp³-hybridized carbons (Fsp3) is 0.600. The minimum Gasteiger partial charge on any atom is -0.270 e. The first-order valence-electron chi connectivity index (χ1n) is 4.72. The fourth-order valence-electron chi connectivity index (χ4n) is 1.75. The fourth-order valence-corrected chi connectivity index (χ4v) is 1.75.